The third-order valence-electron chi connectivity index (χ3n) is 2.73. The van der Waals surface area contributed by atoms with Crippen molar-refractivity contribution < 1.29 is 9.59 Å². The molecule has 0 N–H and O–H groups in total. The monoisotopic (exact) mass is 265 g/mol. The first-order chi connectivity index (χ1) is 8.09. The van der Waals surface area contributed by atoms with Crippen LogP contribution in [0, 0.1) is 5.92 Å². The van der Waals surface area contributed by atoms with Crippen LogP contribution in [0.5, 0.6) is 0 Å². The molecule has 0 saturated heterocycles. The summed E-state index contributed by atoms with van der Waals surface area (Å²) < 4.78 is 2.18. The van der Waals surface area contributed by atoms with Gasteiger partial charge in [0.25, 0.3) is 11.7 Å². The molecule has 3 nitrogen and oxygen atoms in total. The highest BCUT2D eigenvalue weighted by atomic mass is 32.1. The molecule has 1 amide bonds. The molecule has 0 radical (unpaired) electrons. The van der Waals surface area contributed by atoms with E-state index in [-0.39, 0.29) is 11.7 Å². The van der Waals surface area contributed by atoms with E-state index in [1.165, 1.54) is 11.3 Å². The molecule has 3 rings (SSSR count). The first-order valence-electron chi connectivity index (χ1n) is 5.45. The van der Waals surface area contributed by atoms with Crippen LogP contribution in [0.1, 0.15) is 23.5 Å². The first kappa shape index (κ1) is 10.9. The average molecular weight is 265 g/mol. The van der Waals surface area contributed by atoms with Crippen LogP contribution in [0.25, 0.3) is 9.40 Å². The molecule has 0 spiro atoms. The molecule has 0 aliphatic carbocycles. The molecule has 1 aliphatic rings. The van der Waals surface area contributed by atoms with Gasteiger partial charge in [-0.1, -0.05) is 13.8 Å². The molecule has 88 valence electrons. The first-order valence-corrected chi connectivity index (χ1v) is 7.15. The zero-order chi connectivity index (χ0) is 12.2. The Morgan fingerprint density at radius 3 is 2.82 bits per heavy atom. The van der Waals surface area contributed by atoms with Crippen LogP contribution >= 0.6 is 22.7 Å². The van der Waals surface area contributed by atoms with Crippen LogP contribution in [0.15, 0.2) is 11.4 Å². The maximum absolute atomic E-state index is 11.9. The van der Waals surface area contributed by atoms with Gasteiger partial charge in [-0.25, -0.2) is 0 Å². The zero-order valence-electron chi connectivity index (χ0n) is 9.52. The zero-order valence-corrected chi connectivity index (χ0v) is 11.2. The van der Waals surface area contributed by atoms with Crippen molar-refractivity contribution in [2.24, 2.45) is 5.92 Å². The van der Waals surface area contributed by atoms with Gasteiger partial charge in [0.15, 0.2) is 0 Å². The Kier molecular flexibility index (Phi) is 2.34. The van der Waals surface area contributed by atoms with Crippen LogP contribution < -0.4 is 4.90 Å². The van der Waals surface area contributed by atoms with Gasteiger partial charge in [0, 0.05) is 11.2 Å². The minimum Gasteiger partial charge on any atom is -0.302 e. The van der Waals surface area contributed by atoms with Gasteiger partial charge in [0.2, 0.25) is 0 Å². The van der Waals surface area contributed by atoms with E-state index in [0.717, 1.165) is 15.1 Å². The van der Waals surface area contributed by atoms with E-state index in [1.807, 2.05) is 25.3 Å². The van der Waals surface area contributed by atoms with Gasteiger partial charge in [-0.3, -0.25) is 9.59 Å². The smallest absolute Gasteiger partial charge is 0.300 e. The maximum Gasteiger partial charge on any atom is 0.300 e. The number of hydrogen-bond acceptors (Lipinski definition) is 4. The van der Waals surface area contributed by atoms with Crippen LogP contribution in [0.2, 0.25) is 0 Å². The molecule has 3 heterocycles. The van der Waals surface area contributed by atoms with E-state index >= 15 is 0 Å². The standard InChI is InChI=1S/C12H11NO2S2/c1-6(2)5-13-8-10-7(3-4-16-10)17-11(8)9(14)12(13)15/h3-4,6H,5H2,1-2H3. The Labute approximate surface area is 107 Å². The fourth-order valence-corrected chi connectivity index (χ4v) is 4.37. The van der Waals surface area contributed by atoms with E-state index in [2.05, 4.69) is 0 Å². The topological polar surface area (TPSA) is 37.4 Å². The SMILES string of the molecule is CC(C)CN1C(=O)C(=O)c2sc3ccsc3c21. The fourth-order valence-electron chi connectivity index (χ4n) is 2.07. The minimum atomic E-state index is -0.366. The number of hydrogen-bond donors (Lipinski definition) is 0. The average Bonchev–Trinajstić information content (AvgIpc) is 2.87. The lowest BCUT2D eigenvalue weighted by Gasteiger charge is -2.17. The number of Topliss-reactive ketones (excluding diaryl/α,β-unsaturated/α-hetero) is 1. The number of fused-ring (bicyclic) bond motifs is 3. The van der Waals surface area contributed by atoms with Crippen molar-refractivity contribution in [1.29, 1.82) is 0 Å². The number of ketones is 1. The van der Waals surface area contributed by atoms with Crippen LogP contribution in [-0.2, 0) is 4.79 Å². The summed E-state index contributed by atoms with van der Waals surface area (Å²) in [7, 11) is 0. The number of carbonyl (C=O) groups is 2. The largest absolute Gasteiger partial charge is 0.302 e. The van der Waals surface area contributed by atoms with Gasteiger partial charge in [-0.05, 0) is 17.4 Å². The number of anilines is 1. The normalized spacial score (nSPS) is 15.4. The summed E-state index contributed by atoms with van der Waals surface area (Å²) in [6.45, 7) is 4.71. The Morgan fingerprint density at radius 1 is 1.35 bits per heavy atom. The summed E-state index contributed by atoms with van der Waals surface area (Å²) in [5, 5.41) is 2.00. The summed E-state index contributed by atoms with van der Waals surface area (Å²) in [5.41, 5.74) is 0.851. The second kappa shape index (κ2) is 3.65. The Balaban J connectivity index is 2.19. The van der Waals surface area contributed by atoms with Crippen LogP contribution in [-0.4, -0.2) is 18.2 Å². The molecule has 0 fully saturated rings. The van der Waals surface area contributed by atoms with Gasteiger partial charge in [0.05, 0.1) is 10.4 Å². The summed E-state index contributed by atoms with van der Waals surface area (Å²) in [6.07, 6.45) is 0. The quantitative estimate of drug-likeness (QED) is 0.782. The molecular weight excluding hydrogens is 254 g/mol. The number of rotatable bonds is 2. The lowest BCUT2D eigenvalue weighted by atomic mass is 10.2. The molecule has 17 heavy (non-hydrogen) atoms. The van der Waals surface area contributed by atoms with E-state index in [4.69, 9.17) is 0 Å². The van der Waals surface area contributed by atoms with Crippen molar-refractivity contribution in [2.45, 2.75) is 13.8 Å². The summed E-state index contributed by atoms with van der Waals surface area (Å²) in [5.74, 6) is -0.350. The minimum absolute atomic E-state index is 0.339. The molecule has 0 aromatic carbocycles. The third kappa shape index (κ3) is 1.46. The lowest BCUT2D eigenvalue weighted by Crippen LogP contribution is -2.33. The molecule has 2 aromatic heterocycles. The Morgan fingerprint density at radius 2 is 2.12 bits per heavy atom. The van der Waals surface area contributed by atoms with E-state index < -0.39 is 0 Å². The van der Waals surface area contributed by atoms with E-state index in [1.54, 1.807) is 16.2 Å². The van der Waals surface area contributed by atoms with Gasteiger partial charge in [-0.15, -0.1) is 22.7 Å². The van der Waals surface area contributed by atoms with Crippen molar-refractivity contribution in [3.8, 4) is 0 Å². The highest BCUT2D eigenvalue weighted by Gasteiger charge is 2.39. The fraction of sp³-hybridized carbons (Fsp3) is 0.333. The predicted octanol–water partition coefficient (Wildman–Crippen LogP) is 3.15. The van der Waals surface area contributed by atoms with Crippen LogP contribution in [0.3, 0.4) is 0 Å². The number of nitrogens with zero attached hydrogens (tertiary/aromatic N) is 1. The van der Waals surface area contributed by atoms with Crippen molar-refractivity contribution in [3.05, 3.63) is 16.3 Å². The van der Waals surface area contributed by atoms with Crippen molar-refractivity contribution in [3.63, 3.8) is 0 Å². The van der Waals surface area contributed by atoms with Gasteiger partial charge in [-0.2, -0.15) is 0 Å². The Hall–Kier alpha value is -1.20. The summed E-state index contributed by atoms with van der Waals surface area (Å²) in [4.78, 5) is 26.1. The van der Waals surface area contributed by atoms with Crippen molar-refractivity contribution in [1.82, 2.24) is 0 Å². The molecule has 0 atom stereocenters. The molecule has 5 heteroatoms. The highest BCUT2D eigenvalue weighted by molar-refractivity contribution is 7.29. The van der Waals surface area contributed by atoms with Gasteiger partial charge in [0.1, 0.15) is 4.88 Å². The number of carbonyl (C=O) groups excluding carboxylic acids is 2. The lowest BCUT2D eigenvalue weighted by molar-refractivity contribution is -0.114. The van der Waals surface area contributed by atoms with Gasteiger partial charge >= 0.3 is 0 Å². The summed E-state index contributed by atoms with van der Waals surface area (Å²) in [6, 6.07) is 2.01. The van der Waals surface area contributed by atoms with Crippen molar-refractivity contribution in [2.75, 3.05) is 11.4 Å². The third-order valence-corrected chi connectivity index (χ3v) is 4.93. The molecule has 2 aromatic rings. The molecular formula is C12H11NO2S2. The number of amides is 1. The molecule has 1 aliphatic heterocycles. The molecule has 0 bridgehead atoms. The maximum atomic E-state index is 11.9. The second-order valence-corrected chi connectivity index (χ2v) is 6.50. The Bertz CT molecular complexity index is 624. The van der Waals surface area contributed by atoms with Crippen LogP contribution in [0.4, 0.5) is 5.69 Å². The van der Waals surface area contributed by atoms with Gasteiger partial charge < -0.3 is 4.90 Å². The van der Waals surface area contributed by atoms with E-state index in [9.17, 15) is 9.59 Å². The van der Waals surface area contributed by atoms with Crippen molar-refractivity contribution >= 4 is 49.5 Å². The highest BCUT2D eigenvalue weighted by Crippen LogP contribution is 2.45. The second-order valence-electron chi connectivity index (χ2n) is 4.53. The number of thiophene rings is 2. The predicted molar refractivity (Wildman–Crippen MR) is 71.2 cm³/mol. The van der Waals surface area contributed by atoms with E-state index in [0.29, 0.717) is 17.3 Å². The molecule has 0 unspecified atom stereocenters. The molecule has 0 saturated carbocycles. The summed E-state index contributed by atoms with van der Waals surface area (Å²) >= 11 is 3.03.